The third-order valence-electron chi connectivity index (χ3n) is 4.45. The van der Waals surface area contributed by atoms with Crippen LogP contribution >= 0.6 is 11.3 Å². The molecular formula is C20H20N2O5S. The van der Waals surface area contributed by atoms with Gasteiger partial charge in [-0.25, -0.2) is 0 Å². The zero-order valence-electron chi connectivity index (χ0n) is 15.6. The Bertz CT molecular complexity index is 923. The van der Waals surface area contributed by atoms with Gasteiger partial charge in [-0.15, -0.1) is 0 Å². The van der Waals surface area contributed by atoms with Crippen LogP contribution in [0.15, 0.2) is 35.0 Å². The van der Waals surface area contributed by atoms with Crippen molar-refractivity contribution >= 4 is 35.0 Å². The zero-order chi connectivity index (χ0) is 20.3. The van der Waals surface area contributed by atoms with Crippen molar-refractivity contribution in [2.24, 2.45) is 0 Å². The summed E-state index contributed by atoms with van der Waals surface area (Å²) in [5, 5.41) is 3.87. The summed E-state index contributed by atoms with van der Waals surface area (Å²) in [5.74, 6) is -1.79. The lowest BCUT2D eigenvalue weighted by molar-refractivity contribution is -0.151. The maximum atomic E-state index is 12.4. The molecule has 0 aliphatic carbocycles. The number of rotatable bonds is 7. The van der Waals surface area contributed by atoms with E-state index in [1.165, 1.54) is 4.90 Å². The van der Waals surface area contributed by atoms with E-state index in [1.807, 2.05) is 23.8 Å². The lowest BCUT2D eigenvalue weighted by Gasteiger charge is -2.17. The summed E-state index contributed by atoms with van der Waals surface area (Å²) in [6.07, 6.45) is -0.161. The fourth-order valence-electron chi connectivity index (χ4n) is 2.88. The number of amides is 3. The molecule has 1 aliphatic heterocycles. The van der Waals surface area contributed by atoms with E-state index in [4.69, 9.17) is 4.74 Å². The summed E-state index contributed by atoms with van der Waals surface area (Å²) >= 11 is 1.54. The Balaban J connectivity index is 1.46. The first kappa shape index (κ1) is 19.8. The number of likely N-dealkylation sites (N-methyl/N-ethyl adjacent to an activating group) is 1. The molecule has 2 heterocycles. The predicted octanol–water partition coefficient (Wildman–Crippen LogP) is 2.24. The first-order chi connectivity index (χ1) is 13.4. The number of aryl methyl sites for hydroxylation is 1. The van der Waals surface area contributed by atoms with Gasteiger partial charge in [0.2, 0.25) is 0 Å². The summed E-state index contributed by atoms with van der Waals surface area (Å²) in [7, 11) is 1.63. The minimum atomic E-state index is -0.634. The highest BCUT2D eigenvalue weighted by atomic mass is 32.1. The molecule has 3 rings (SSSR count). The van der Waals surface area contributed by atoms with E-state index in [0.29, 0.717) is 17.7 Å². The van der Waals surface area contributed by atoms with Gasteiger partial charge in [-0.05, 0) is 41.4 Å². The molecule has 0 spiro atoms. The van der Waals surface area contributed by atoms with Crippen molar-refractivity contribution < 1.29 is 23.9 Å². The molecule has 0 saturated carbocycles. The number of benzene rings is 1. The molecule has 2 aromatic rings. The van der Waals surface area contributed by atoms with Crippen LogP contribution < -0.4 is 0 Å². The van der Waals surface area contributed by atoms with E-state index in [9.17, 15) is 19.2 Å². The molecule has 1 aromatic heterocycles. The Morgan fingerprint density at radius 3 is 2.61 bits per heavy atom. The second kappa shape index (κ2) is 8.35. The number of thiophene rings is 1. The van der Waals surface area contributed by atoms with Crippen LogP contribution in [0.1, 0.15) is 38.3 Å². The molecule has 146 valence electrons. The quantitative estimate of drug-likeness (QED) is 0.526. The molecule has 0 atom stereocenters. The lowest BCUT2D eigenvalue weighted by Crippen LogP contribution is -2.33. The van der Waals surface area contributed by atoms with Gasteiger partial charge in [0.1, 0.15) is 0 Å². The van der Waals surface area contributed by atoms with Crippen LogP contribution in [0.25, 0.3) is 0 Å². The number of hydrogen-bond acceptors (Lipinski definition) is 6. The van der Waals surface area contributed by atoms with Gasteiger partial charge in [0.15, 0.2) is 6.61 Å². The van der Waals surface area contributed by atoms with Crippen molar-refractivity contribution in [3.63, 3.8) is 0 Å². The average molecular weight is 400 g/mol. The normalized spacial score (nSPS) is 12.9. The monoisotopic (exact) mass is 400 g/mol. The molecule has 1 aliphatic rings. The SMILES string of the molecule is Cc1ccc2c(c1)C(=O)N(CCC(=O)OCC(=O)N(C)Cc1ccsc1)C2=O. The largest absolute Gasteiger partial charge is 0.456 e. The second-order valence-electron chi connectivity index (χ2n) is 6.60. The first-order valence-corrected chi connectivity index (χ1v) is 9.68. The highest BCUT2D eigenvalue weighted by molar-refractivity contribution is 7.07. The number of imide groups is 1. The maximum absolute atomic E-state index is 12.4. The molecule has 7 nitrogen and oxygen atoms in total. The number of esters is 1. The van der Waals surface area contributed by atoms with Crippen molar-refractivity contribution in [2.45, 2.75) is 19.9 Å². The van der Waals surface area contributed by atoms with E-state index in [0.717, 1.165) is 16.0 Å². The van der Waals surface area contributed by atoms with E-state index < -0.39 is 17.8 Å². The third-order valence-corrected chi connectivity index (χ3v) is 5.18. The van der Waals surface area contributed by atoms with Crippen molar-refractivity contribution in [3.05, 3.63) is 57.3 Å². The molecule has 0 fully saturated rings. The van der Waals surface area contributed by atoms with Crippen LogP contribution in [0.3, 0.4) is 0 Å². The third kappa shape index (κ3) is 4.28. The van der Waals surface area contributed by atoms with E-state index in [2.05, 4.69) is 0 Å². The number of carbonyl (C=O) groups excluding carboxylic acids is 4. The number of carbonyl (C=O) groups is 4. The lowest BCUT2D eigenvalue weighted by atomic mass is 10.1. The number of hydrogen-bond donors (Lipinski definition) is 0. The summed E-state index contributed by atoms with van der Waals surface area (Å²) in [6, 6.07) is 6.96. The molecule has 3 amide bonds. The van der Waals surface area contributed by atoms with E-state index in [-0.39, 0.29) is 25.5 Å². The topological polar surface area (TPSA) is 84.0 Å². The highest BCUT2D eigenvalue weighted by Gasteiger charge is 2.35. The van der Waals surface area contributed by atoms with Gasteiger partial charge < -0.3 is 9.64 Å². The van der Waals surface area contributed by atoms with E-state index >= 15 is 0 Å². The Morgan fingerprint density at radius 2 is 1.89 bits per heavy atom. The molecule has 0 unspecified atom stereocenters. The van der Waals surface area contributed by atoms with Crippen LogP contribution in [-0.2, 0) is 20.9 Å². The fourth-order valence-corrected chi connectivity index (χ4v) is 3.54. The van der Waals surface area contributed by atoms with Crippen LogP contribution in [0, 0.1) is 6.92 Å². The Hall–Kier alpha value is -3.00. The Kier molecular flexibility index (Phi) is 5.89. The summed E-state index contributed by atoms with van der Waals surface area (Å²) in [5.41, 5.74) is 2.58. The average Bonchev–Trinajstić information content (AvgIpc) is 3.25. The van der Waals surface area contributed by atoms with Gasteiger partial charge in [0, 0.05) is 20.1 Å². The zero-order valence-corrected chi connectivity index (χ0v) is 16.5. The van der Waals surface area contributed by atoms with Gasteiger partial charge in [0.25, 0.3) is 17.7 Å². The molecule has 28 heavy (non-hydrogen) atoms. The van der Waals surface area contributed by atoms with Crippen LogP contribution in [0.5, 0.6) is 0 Å². The minimum absolute atomic E-state index is 0.0802. The molecule has 0 radical (unpaired) electrons. The van der Waals surface area contributed by atoms with Gasteiger partial charge in [-0.1, -0.05) is 11.6 Å². The van der Waals surface area contributed by atoms with Gasteiger partial charge in [-0.3, -0.25) is 24.1 Å². The molecular weight excluding hydrogens is 380 g/mol. The maximum Gasteiger partial charge on any atom is 0.308 e. The minimum Gasteiger partial charge on any atom is -0.456 e. The van der Waals surface area contributed by atoms with Crippen molar-refractivity contribution in [1.82, 2.24) is 9.80 Å². The number of fused-ring (bicyclic) bond motifs is 1. The summed E-state index contributed by atoms with van der Waals surface area (Å²) in [4.78, 5) is 51.2. The molecule has 0 bridgehead atoms. The summed E-state index contributed by atoms with van der Waals surface area (Å²) < 4.78 is 4.99. The van der Waals surface area contributed by atoms with Gasteiger partial charge >= 0.3 is 5.97 Å². The second-order valence-corrected chi connectivity index (χ2v) is 7.38. The smallest absolute Gasteiger partial charge is 0.308 e. The highest BCUT2D eigenvalue weighted by Crippen LogP contribution is 2.24. The molecule has 0 N–H and O–H groups in total. The Labute approximate surface area is 166 Å². The standard InChI is InChI=1S/C20H20N2O5S/c1-13-3-4-15-16(9-13)20(26)22(19(15)25)7-5-18(24)27-11-17(23)21(2)10-14-6-8-28-12-14/h3-4,6,8-9,12H,5,7,10-11H2,1-2H3. The van der Waals surface area contributed by atoms with E-state index in [1.54, 1.807) is 36.6 Å². The Morgan fingerprint density at radius 1 is 1.14 bits per heavy atom. The summed E-state index contributed by atoms with van der Waals surface area (Å²) in [6.45, 7) is 1.82. The number of nitrogens with zero attached hydrogens (tertiary/aromatic N) is 2. The molecule has 8 heteroatoms. The predicted molar refractivity (Wildman–Crippen MR) is 103 cm³/mol. The molecule has 0 saturated heterocycles. The van der Waals surface area contributed by atoms with Crippen molar-refractivity contribution in [2.75, 3.05) is 20.2 Å². The fraction of sp³-hybridized carbons (Fsp3) is 0.300. The van der Waals surface area contributed by atoms with Gasteiger partial charge in [0.05, 0.1) is 17.5 Å². The van der Waals surface area contributed by atoms with Crippen LogP contribution in [0.4, 0.5) is 0 Å². The van der Waals surface area contributed by atoms with Crippen LogP contribution in [0.2, 0.25) is 0 Å². The first-order valence-electron chi connectivity index (χ1n) is 8.74. The number of ether oxygens (including phenoxy) is 1. The van der Waals surface area contributed by atoms with Gasteiger partial charge in [-0.2, -0.15) is 11.3 Å². The van der Waals surface area contributed by atoms with Crippen LogP contribution in [-0.4, -0.2) is 53.7 Å². The van der Waals surface area contributed by atoms with Crippen molar-refractivity contribution in [3.8, 4) is 0 Å². The van der Waals surface area contributed by atoms with Crippen molar-refractivity contribution in [1.29, 1.82) is 0 Å². The molecule has 1 aromatic carbocycles.